The molecule has 1 atom stereocenters. The van der Waals surface area contributed by atoms with Gasteiger partial charge in [-0.2, -0.15) is 0 Å². The van der Waals surface area contributed by atoms with Crippen LogP contribution in [0.25, 0.3) is 6.08 Å². The first kappa shape index (κ1) is 17.2. The molecule has 124 valence electrons. The standard InChI is InChI=1S/C20H19Cl2NO/c1-23-20(17-6-2-3-7-18(17)22)12-4-5-15(19(20)24)13-14-8-10-16(21)11-9-14/h2-3,6-11,13,23H,4-5,12H2,1H3/b15-13-. The molecule has 1 aliphatic rings. The maximum Gasteiger partial charge on any atom is 0.183 e. The van der Waals surface area contributed by atoms with Crippen molar-refractivity contribution in [2.24, 2.45) is 0 Å². The second kappa shape index (κ2) is 7.10. The van der Waals surface area contributed by atoms with Gasteiger partial charge in [-0.25, -0.2) is 0 Å². The molecule has 2 nitrogen and oxygen atoms in total. The van der Waals surface area contributed by atoms with Crippen LogP contribution in [0.2, 0.25) is 10.0 Å². The number of rotatable bonds is 3. The van der Waals surface area contributed by atoms with Gasteiger partial charge >= 0.3 is 0 Å². The van der Waals surface area contributed by atoms with E-state index in [0.29, 0.717) is 10.0 Å². The second-order valence-corrected chi connectivity index (χ2v) is 6.88. The molecule has 0 aromatic heterocycles. The van der Waals surface area contributed by atoms with Crippen molar-refractivity contribution in [3.05, 3.63) is 75.3 Å². The molecule has 0 amide bonds. The summed E-state index contributed by atoms with van der Waals surface area (Å²) in [5.74, 6) is 0.0966. The van der Waals surface area contributed by atoms with Gasteiger partial charge in [-0.15, -0.1) is 0 Å². The normalized spacial score (nSPS) is 22.8. The average Bonchev–Trinajstić information content (AvgIpc) is 2.60. The van der Waals surface area contributed by atoms with Crippen molar-refractivity contribution in [2.75, 3.05) is 7.05 Å². The van der Waals surface area contributed by atoms with Gasteiger partial charge < -0.3 is 5.32 Å². The fraction of sp³-hybridized carbons (Fsp3) is 0.250. The van der Waals surface area contributed by atoms with E-state index in [0.717, 1.165) is 36.0 Å². The van der Waals surface area contributed by atoms with Gasteiger partial charge in [0.2, 0.25) is 0 Å². The van der Waals surface area contributed by atoms with E-state index in [-0.39, 0.29) is 5.78 Å². The van der Waals surface area contributed by atoms with Crippen LogP contribution in [0.15, 0.2) is 54.1 Å². The Morgan fingerprint density at radius 2 is 1.79 bits per heavy atom. The zero-order valence-electron chi connectivity index (χ0n) is 13.5. The summed E-state index contributed by atoms with van der Waals surface area (Å²) in [6.07, 6.45) is 4.40. The lowest BCUT2D eigenvalue weighted by molar-refractivity contribution is -0.123. The lowest BCUT2D eigenvalue weighted by Gasteiger charge is -2.37. The molecule has 1 fully saturated rings. The van der Waals surface area contributed by atoms with Crippen molar-refractivity contribution in [2.45, 2.75) is 24.8 Å². The van der Waals surface area contributed by atoms with E-state index >= 15 is 0 Å². The van der Waals surface area contributed by atoms with Crippen LogP contribution in [0.5, 0.6) is 0 Å². The third kappa shape index (κ3) is 3.14. The Labute approximate surface area is 152 Å². The third-order valence-electron chi connectivity index (χ3n) is 4.65. The van der Waals surface area contributed by atoms with Crippen LogP contribution in [0, 0.1) is 0 Å². The number of likely N-dealkylation sites (N-methyl/N-ethyl adjacent to an activating group) is 1. The van der Waals surface area contributed by atoms with Crippen molar-refractivity contribution in [3.63, 3.8) is 0 Å². The summed E-state index contributed by atoms with van der Waals surface area (Å²) in [4.78, 5) is 13.3. The molecular weight excluding hydrogens is 341 g/mol. The van der Waals surface area contributed by atoms with E-state index in [1.807, 2.05) is 61.7 Å². The van der Waals surface area contributed by atoms with Gasteiger partial charge in [0.25, 0.3) is 0 Å². The van der Waals surface area contributed by atoms with E-state index in [1.165, 1.54) is 0 Å². The quantitative estimate of drug-likeness (QED) is 0.758. The average molecular weight is 360 g/mol. The van der Waals surface area contributed by atoms with Gasteiger partial charge in [-0.1, -0.05) is 53.5 Å². The number of benzene rings is 2. The fourth-order valence-electron chi connectivity index (χ4n) is 3.38. The zero-order chi connectivity index (χ0) is 17.2. The summed E-state index contributed by atoms with van der Waals surface area (Å²) in [5, 5.41) is 4.56. The van der Waals surface area contributed by atoms with Crippen LogP contribution < -0.4 is 5.32 Å². The topological polar surface area (TPSA) is 29.1 Å². The van der Waals surface area contributed by atoms with Crippen molar-refractivity contribution in [1.82, 2.24) is 5.32 Å². The molecule has 2 aromatic rings. The Kier molecular flexibility index (Phi) is 5.09. The van der Waals surface area contributed by atoms with E-state index < -0.39 is 5.54 Å². The summed E-state index contributed by atoms with van der Waals surface area (Å²) in [6.45, 7) is 0. The number of hydrogen-bond acceptors (Lipinski definition) is 2. The molecule has 0 heterocycles. The highest BCUT2D eigenvalue weighted by Crippen LogP contribution is 2.40. The minimum absolute atomic E-state index is 0.0966. The largest absolute Gasteiger partial charge is 0.304 e. The molecule has 0 spiro atoms. The molecule has 0 saturated heterocycles. The van der Waals surface area contributed by atoms with Crippen LogP contribution in [0.3, 0.4) is 0 Å². The highest BCUT2D eigenvalue weighted by atomic mass is 35.5. The number of carbonyl (C=O) groups is 1. The Morgan fingerprint density at radius 1 is 1.08 bits per heavy atom. The predicted molar refractivity (Wildman–Crippen MR) is 100 cm³/mol. The summed E-state index contributed by atoms with van der Waals surface area (Å²) in [6, 6.07) is 15.1. The number of ketones is 1. The number of Topliss-reactive ketones (excluding diaryl/α,β-unsaturated/α-hetero) is 1. The molecule has 4 heteroatoms. The van der Waals surface area contributed by atoms with Crippen LogP contribution in [0.1, 0.15) is 30.4 Å². The molecule has 1 saturated carbocycles. The Morgan fingerprint density at radius 3 is 2.46 bits per heavy atom. The Hall–Kier alpha value is -1.61. The van der Waals surface area contributed by atoms with Gasteiger partial charge in [-0.05, 0) is 67.3 Å². The number of nitrogens with one attached hydrogen (secondary N) is 1. The first-order chi connectivity index (χ1) is 11.6. The Balaban J connectivity index is 2.02. The second-order valence-electron chi connectivity index (χ2n) is 6.04. The summed E-state index contributed by atoms with van der Waals surface area (Å²) < 4.78 is 0. The van der Waals surface area contributed by atoms with Crippen molar-refractivity contribution in [1.29, 1.82) is 0 Å². The van der Waals surface area contributed by atoms with E-state index in [4.69, 9.17) is 23.2 Å². The van der Waals surface area contributed by atoms with Gasteiger partial charge in [0.15, 0.2) is 5.78 Å². The monoisotopic (exact) mass is 359 g/mol. The lowest BCUT2D eigenvalue weighted by Crippen LogP contribution is -2.50. The molecule has 24 heavy (non-hydrogen) atoms. The minimum Gasteiger partial charge on any atom is -0.304 e. The number of hydrogen-bond donors (Lipinski definition) is 1. The maximum atomic E-state index is 13.3. The Bertz CT molecular complexity index is 782. The van der Waals surface area contributed by atoms with Crippen LogP contribution in [-0.4, -0.2) is 12.8 Å². The smallest absolute Gasteiger partial charge is 0.183 e. The highest BCUT2D eigenvalue weighted by Gasteiger charge is 2.43. The number of halogens is 2. The van der Waals surface area contributed by atoms with Crippen LogP contribution in [0.4, 0.5) is 0 Å². The van der Waals surface area contributed by atoms with Crippen molar-refractivity contribution >= 4 is 35.1 Å². The molecule has 1 N–H and O–H groups in total. The molecule has 1 aliphatic carbocycles. The molecule has 1 unspecified atom stereocenters. The van der Waals surface area contributed by atoms with E-state index in [2.05, 4.69) is 5.32 Å². The van der Waals surface area contributed by atoms with Gasteiger partial charge in [-0.3, -0.25) is 4.79 Å². The molecule has 0 radical (unpaired) electrons. The van der Waals surface area contributed by atoms with Crippen LogP contribution >= 0.6 is 23.2 Å². The zero-order valence-corrected chi connectivity index (χ0v) is 15.0. The van der Waals surface area contributed by atoms with Gasteiger partial charge in [0.1, 0.15) is 5.54 Å². The van der Waals surface area contributed by atoms with Crippen molar-refractivity contribution in [3.8, 4) is 0 Å². The maximum absolute atomic E-state index is 13.3. The lowest BCUT2D eigenvalue weighted by atomic mass is 9.73. The molecule has 2 aromatic carbocycles. The van der Waals surface area contributed by atoms with Crippen molar-refractivity contribution < 1.29 is 4.79 Å². The molecule has 3 rings (SSSR count). The number of carbonyl (C=O) groups excluding carboxylic acids is 1. The van der Waals surface area contributed by atoms with E-state index in [9.17, 15) is 4.79 Å². The minimum atomic E-state index is -0.755. The van der Waals surface area contributed by atoms with E-state index in [1.54, 1.807) is 0 Å². The third-order valence-corrected chi connectivity index (χ3v) is 5.23. The summed E-state index contributed by atoms with van der Waals surface area (Å²) >= 11 is 12.3. The van der Waals surface area contributed by atoms with Gasteiger partial charge in [0.05, 0.1) is 0 Å². The molecule has 0 aliphatic heterocycles. The fourth-order valence-corrected chi connectivity index (χ4v) is 3.80. The summed E-state index contributed by atoms with van der Waals surface area (Å²) in [7, 11) is 1.83. The molecular formula is C20H19Cl2NO. The van der Waals surface area contributed by atoms with Crippen LogP contribution in [-0.2, 0) is 10.3 Å². The molecule has 0 bridgehead atoms. The highest BCUT2D eigenvalue weighted by molar-refractivity contribution is 6.32. The first-order valence-corrected chi connectivity index (χ1v) is 8.77. The SMILES string of the molecule is CNC1(c2ccccc2Cl)CCC/C(=C/c2ccc(Cl)cc2)C1=O. The first-order valence-electron chi connectivity index (χ1n) is 8.02. The summed E-state index contributed by atoms with van der Waals surface area (Å²) in [5.41, 5.74) is 1.89. The predicted octanol–water partition coefficient (Wildman–Crippen LogP) is 5.24. The van der Waals surface area contributed by atoms with Gasteiger partial charge in [0, 0.05) is 10.0 Å².